The van der Waals surface area contributed by atoms with E-state index in [0.29, 0.717) is 6.54 Å². The van der Waals surface area contributed by atoms with Crippen LogP contribution in [0.4, 0.5) is 0 Å². The van der Waals surface area contributed by atoms with E-state index >= 15 is 0 Å². The van der Waals surface area contributed by atoms with Gasteiger partial charge in [0.2, 0.25) is 6.79 Å². The highest BCUT2D eigenvalue weighted by atomic mass is 16.7. The van der Waals surface area contributed by atoms with Crippen molar-refractivity contribution in [3.63, 3.8) is 0 Å². The molecule has 0 amide bonds. The van der Waals surface area contributed by atoms with Crippen LogP contribution in [-0.4, -0.2) is 23.3 Å². The summed E-state index contributed by atoms with van der Waals surface area (Å²) in [5.41, 5.74) is 8.64. The molecule has 0 saturated carbocycles. The van der Waals surface area contributed by atoms with Gasteiger partial charge in [-0.2, -0.15) is 0 Å². The molecule has 5 nitrogen and oxygen atoms in total. The first-order valence-corrected chi connectivity index (χ1v) is 5.93. The maximum atomic E-state index is 5.61. The number of ether oxygens (including phenoxy) is 2. The number of hydrogen-bond acceptors (Lipinski definition) is 4. The van der Waals surface area contributed by atoms with Crippen LogP contribution in [0.15, 0.2) is 18.2 Å². The van der Waals surface area contributed by atoms with Crippen LogP contribution in [0.5, 0.6) is 11.5 Å². The molecule has 0 spiro atoms. The summed E-state index contributed by atoms with van der Waals surface area (Å²) < 4.78 is 10.7. The molecule has 0 saturated heterocycles. The number of aromatic amines is 1. The molecule has 94 valence electrons. The molecule has 3 rings (SSSR count). The molecule has 1 aromatic carbocycles. The summed E-state index contributed by atoms with van der Waals surface area (Å²) in [6.07, 6.45) is 0.782. The van der Waals surface area contributed by atoms with Crippen LogP contribution < -0.4 is 15.2 Å². The van der Waals surface area contributed by atoms with Crippen molar-refractivity contribution in [2.24, 2.45) is 5.73 Å². The zero-order valence-electron chi connectivity index (χ0n) is 10.2. The fourth-order valence-electron chi connectivity index (χ4n) is 2.15. The van der Waals surface area contributed by atoms with Gasteiger partial charge < -0.3 is 20.2 Å². The molecule has 0 aliphatic carbocycles. The Balaban J connectivity index is 2.03. The van der Waals surface area contributed by atoms with Crippen LogP contribution in [0.3, 0.4) is 0 Å². The molecule has 1 aromatic heterocycles. The van der Waals surface area contributed by atoms with Crippen molar-refractivity contribution in [1.82, 2.24) is 9.97 Å². The number of imidazole rings is 1. The number of hydrogen-bond donors (Lipinski definition) is 2. The molecule has 2 heterocycles. The number of rotatable bonds is 3. The van der Waals surface area contributed by atoms with Crippen molar-refractivity contribution < 1.29 is 9.47 Å². The largest absolute Gasteiger partial charge is 0.454 e. The summed E-state index contributed by atoms with van der Waals surface area (Å²) in [6.45, 7) is 2.82. The fourth-order valence-corrected chi connectivity index (χ4v) is 2.15. The molecule has 0 radical (unpaired) electrons. The molecular weight excluding hydrogens is 230 g/mol. The third kappa shape index (κ3) is 1.82. The maximum absolute atomic E-state index is 5.61. The first-order chi connectivity index (χ1) is 8.78. The second-order valence-corrected chi connectivity index (χ2v) is 4.26. The van der Waals surface area contributed by atoms with Gasteiger partial charge in [0, 0.05) is 17.7 Å². The average molecular weight is 245 g/mol. The van der Waals surface area contributed by atoms with E-state index in [1.54, 1.807) is 0 Å². The van der Waals surface area contributed by atoms with Gasteiger partial charge in [-0.25, -0.2) is 4.98 Å². The highest BCUT2D eigenvalue weighted by Crippen LogP contribution is 2.36. The van der Waals surface area contributed by atoms with Crippen molar-refractivity contribution in [1.29, 1.82) is 0 Å². The van der Waals surface area contributed by atoms with Gasteiger partial charge in [0.25, 0.3) is 0 Å². The number of nitrogens with one attached hydrogen (secondary N) is 1. The first kappa shape index (κ1) is 11.1. The minimum Gasteiger partial charge on any atom is -0.454 e. The van der Waals surface area contributed by atoms with Crippen LogP contribution >= 0.6 is 0 Å². The summed E-state index contributed by atoms with van der Waals surface area (Å²) in [7, 11) is 0. The average Bonchev–Trinajstić information content (AvgIpc) is 2.95. The van der Waals surface area contributed by atoms with Crippen molar-refractivity contribution in [2.45, 2.75) is 13.3 Å². The van der Waals surface area contributed by atoms with Crippen molar-refractivity contribution in [2.75, 3.05) is 13.3 Å². The van der Waals surface area contributed by atoms with Crippen LogP contribution in [0, 0.1) is 6.92 Å². The van der Waals surface area contributed by atoms with E-state index in [0.717, 1.165) is 40.7 Å². The summed E-state index contributed by atoms with van der Waals surface area (Å²) >= 11 is 0. The van der Waals surface area contributed by atoms with Gasteiger partial charge in [-0.05, 0) is 31.7 Å². The van der Waals surface area contributed by atoms with E-state index < -0.39 is 0 Å². The molecule has 3 N–H and O–H groups in total. The molecule has 1 aliphatic rings. The molecule has 5 heteroatoms. The zero-order chi connectivity index (χ0) is 12.5. The highest BCUT2D eigenvalue weighted by molar-refractivity contribution is 5.66. The number of nitrogens with zero attached hydrogens (tertiary/aromatic N) is 1. The van der Waals surface area contributed by atoms with Gasteiger partial charge in [-0.1, -0.05) is 0 Å². The lowest BCUT2D eigenvalue weighted by Gasteiger charge is -2.03. The smallest absolute Gasteiger partial charge is 0.231 e. The van der Waals surface area contributed by atoms with E-state index in [9.17, 15) is 0 Å². The number of aryl methyl sites for hydroxylation is 1. The number of benzene rings is 1. The summed E-state index contributed by atoms with van der Waals surface area (Å²) in [4.78, 5) is 7.77. The third-order valence-electron chi connectivity index (χ3n) is 2.94. The zero-order valence-corrected chi connectivity index (χ0v) is 10.2. The van der Waals surface area contributed by atoms with E-state index in [1.165, 1.54) is 0 Å². The number of aromatic nitrogens is 2. The Morgan fingerprint density at radius 2 is 2.17 bits per heavy atom. The molecule has 18 heavy (non-hydrogen) atoms. The lowest BCUT2D eigenvalue weighted by atomic mass is 10.1. The Morgan fingerprint density at radius 3 is 3.00 bits per heavy atom. The predicted molar refractivity (Wildman–Crippen MR) is 67.6 cm³/mol. The minimum atomic E-state index is 0.286. The van der Waals surface area contributed by atoms with Gasteiger partial charge in [-0.3, -0.25) is 0 Å². The number of fused-ring (bicyclic) bond motifs is 1. The summed E-state index contributed by atoms with van der Waals surface area (Å²) in [5.74, 6) is 2.45. The Labute approximate surface area is 105 Å². The second kappa shape index (κ2) is 4.34. The van der Waals surface area contributed by atoms with Gasteiger partial charge in [0.1, 0.15) is 5.82 Å². The molecule has 1 aliphatic heterocycles. The van der Waals surface area contributed by atoms with Gasteiger partial charge >= 0.3 is 0 Å². The second-order valence-electron chi connectivity index (χ2n) is 4.26. The SMILES string of the molecule is Cc1nc(-c2ccc3c(c2)OCO3)c(CCN)[nH]1. The third-order valence-corrected chi connectivity index (χ3v) is 2.94. The van der Waals surface area contributed by atoms with Crippen LogP contribution in [0.1, 0.15) is 11.5 Å². The van der Waals surface area contributed by atoms with Crippen LogP contribution in [-0.2, 0) is 6.42 Å². The molecular formula is C13H15N3O2. The van der Waals surface area contributed by atoms with E-state index in [4.69, 9.17) is 15.2 Å². The van der Waals surface area contributed by atoms with E-state index in [1.807, 2.05) is 25.1 Å². The number of nitrogens with two attached hydrogens (primary N) is 1. The maximum Gasteiger partial charge on any atom is 0.231 e. The van der Waals surface area contributed by atoms with E-state index in [2.05, 4.69) is 9.97 Å². The van der Waals surface area contributed by atoms with Crippen molar-refractivity contribution >= 4 is 0 Å². The Morgan fingerprint density at radius 1 is 1.33 bits per heavy atom. The molecule has 0 bridgehead atoms. The minimum absolute atomic E-state index is 0.286. The predicted octanol–water partition coefficient (Wildman–Crippen LogP) is 1.62. The molecule has 0 atom stereocenters. The molecule has 0 fully saturated rings. The Bertz CT molecular complexity index is 578. The molecule has 0 unspecified atom stereocenters. The van der Waals surface area contributed by atoms with Crippen molar-refractivity contribution in [3.05, 3.63) is 29.7 Å². The standard InChI is InChI=1S/C13H15N3O2/c1-8-15-10(4-5-14)13(16-8)9-2-3-11-12(6-9)18-7-17-11/h2-3,6H,4-5,7,14H2,1H3,(H,15,16). The topological polar surface area (TPSA) is 73.2 Å². The van der Waals surface area contributed by atoms with Gasteiger partial charge in [0.15, 0.2) is 11.5 Å². The first-order valence-electron chi connectivity index (χ1n) is 5.93. The van der Waals surface area contributed by atoms with Gasteiger partial charge in [0.05, 0.1) is 5.69 Å². The van der Waals surface area contributed by atoms with Crippen LogP contribution in [0.2, 0.25) is 0 Å². The number of H-pyrrole nitrogens is 1. The molecule has 2 aromatic rings. The summed E-state index contributed by atoms with van der Waals surface area (Å²) in [6, 6.07) is 5.86. The quantitative estimate of drug-likeness (QED) is 0.861. The lowest BCUT2D eigenvalue weighted by molar-refractivity contribution is 0.174. The lowest BCUT2D eigenvalue weighted by Crippen LogP contribution is -2.04. The van der Waals surface area contributed by atoms with Crippen LogP contribution in [0.25, 0.3) is 11.3 Å². The fraction of sp³-hybridized carbons (Fsp3) is 0.308. The Kier molecular flexibility index (Phi) is 2.68. The normalized spacial score (nSPS) is 13.0. The monoisotopic (exact) mass is 245 g/mol. The van der Waals surface area contributed by atoms with E-state index in [-0.39, 0.29) is 6.79 Å². The Hall–Kier alpha value is -2.01. The summed E-state index contributed by atoms with van der Waals surface area (Å²) in [5, 5.41) is 0. The highest BCUT2D eigenvalue weighted by Gasteiger charge is 2.16. The van der Waals surface area contributed by atoms with Gasteiger partial charge in [-0.15, -0.1) is 0 Å². The van der Waals surface area contributed by atoms with Crippen molar-refractivity contribution in [3.8, 4) is 22.8 Å².